The van der Waals surface area contributed by atoms with Gasteiger partial charge in [-0.25, -0.2) is 0 Å². The van der Waals surface area contributed by atoms with E-state index >= 15 is 0 Å². The molecule has 0 bridgehead atoms. The first kappa shape index (κ1) is 15.9. The molecule has 0 aliphatic carbocycles. The lowest BCUT2D eigenvalue weighted by Gasteiger charge is -2.16. The molecular formula is C13H24O4. The number of ether oxygens (including phenoxy) is 2. The molecule has 0 aromatic rings. The van der Waals surface area contributed by atoms with Gasteiger partial charge in [0.1, 0.15) is 6.10 Å². The third kappa shape index (κ3) is 8.72. The van der Waals surface area contributed by atoms with E-state index in [0.717, 1.165) is 0 Å². The monoisotopic (exact) mass is 244 g/mol. The lowest BCUT2D eigenvalue weighted by molar-refractivity contribution is -0.151. The van der Waals surface area contributed by atoms with E-state index < -0.39 is 0 Å². The van der Waals surface area contributed by atoms with Crippen molar-refractivity contribution in [2.24, 2.45) is 5.92 Å². The number of esters is 2. The average molecular weight is 244 g/mol. The van der Waals surface area contributed by atoms with Gasteiger partial charge in [-0.15, -0.1) is 0 Å². The summed E-state index contributed by atoms with van der Waals surface area (Å²) < 4.78 is 10.1. The van der Waals surface area contributed by atoms with Gasteiger partial charge in [-0.3, -0.25) is 9.59 Å². The lowest BCUT2D eigenvalue weighted by Crippen LogP contribution is -2.20. The first-order valence-electron chi connectivity index (χ1n) is 6.22. The molecule has 0 aromatic carbocycles. The van der Waals surface area contributed by atoms with Crippen molar-refractivity contribution >= 4 is 11.9 Å². The molecule has 1 unspecified atom stereocenters. The first-order valence-corrected chi connectivity index (χ1v) is 6.22. The highest BCUT2D eigenvalue weighted by atomic mass is 16.5. The molecule has 4 nitrogen and oxygen atoms in total. The Kier molecular flexibility index (Phi) is 7.59. The Labute approximate surface area is 104 Å². The summed E-state index contributed by atoms with van der Waals surface area (Å²) >= 11 is 0. The molecule has 0 rings (SSSR count). The molecule has 17 heavy (non-hydrogen) atoms. The van der Waals surface area contributed by atoms with Crippen LogP contribution in [0.3, 0.4) is 0 Å². The van der Waals surface area contributed by atoms with Crippen molar-refractivity contribution in [1.82, 2.24) is 0 Å². The Morgan fingerprint density at radius 1 is 0.882 bits per heavy atom. The summed E-state index contributed by atoms with van der Waals surface area (Å²) in [5.74, 6) is -0.196. The van der Waals surface area contributed by atoms with E-state index in [9.17, 15) is 9.59 Å². The van der Waals surface area contributed by atoms with E-state index in [1.165, 1.54) is 0 Å². The molecule has 0 aliphatic rings. The molecule has 0 saturated carbocycles. The third-order valence-electron chi connectivity index (χ3n) is 2.39. The highest BCUT2D eigenvalue weighted by Crippen LogP contribution is 2.08. The second-order valence-corrected chi connectivity index (χ2v) is 4.83. The quantitative estimate of drug-likeness (QED) is 0.646. The van der Waals surface area contributed by atoms with Crippen molar-refractivity contribution < 1.29 is 19.1 Å². The minimum absolute atomic E-state index is 0.0786. The number of hydrogen-bond acceptors (Lipinski definition) is 4. The van der Waals surface area contributed by atoms with Crippen molar-refractivity contribution in [2.45, 2.75) is 66.1 Å². The number of hydrogen-bond donors (Lipinski definition) is 0. The van der Waals surface area contributed by atoms with Crippen LogP contribution in [0.15, 0.2) is 0 Å². The van der Waals surface area contributed by atoms with E-state index in [4.69, 9.17) is 9.47 Å². The summed E-state index contributed by atoms with van der Waals surface area (Å²) in [7, 11) is 0. The third-order valence-corrected chi connectivity index (χ3v) is 2.39. The summed E-state index contributed by atoms with van der Waals surface area (Å²) in [6.45, 7) is 9.47. The largest absolute Gasteiger partial charge is 0.463 e. The fourth-order valence-corrected chi connectivity index (χ4v) is 1.10. The summed E-state index contributed by atoms with van der Waals surface area (Å²) in [6.07, 6.45) is 0.837. The van der Waals surface area contributed by atoms with Crippen LogP contribution in [0.25, 0.3) is 0 Å². The minimum Gasteiger partial charge on any atom is -0.463 e. The molecule has 0 aromatic heterocycles. The summed E-state index contributed by atoms with van der Waals surface area (Å²) in [5, 5.41) is 0. The van der Waals surface area contributed by atoms with Crippen molar-refractivity contribution in [2.75, 3.05) is 0 Å². The normalized spacial score (nSPS) is 12.6. The van der Waals surface area contributed by atoms with Crippen LogP contribution in [-0.2, 0) is 19.1 Å². The number of carbonyl (C=O) groups excluding carboxylic acids is 2. The summed E-state index contributed by atoms with van der Waals surface area (Å²) in [5.41, 5.74) is 0. The summed E-state index contributed by atoms with van der Waals surface area (Å²) in [6, 6.07) is 0. The van der Waals surface area contributed by atoms with E-state index in [0.29, 0.717) is 12.3 Å². The smallest absolute Gasteiger partial charge is 0.306 e. The van der Waals surface area contributed by atoms with Crippen LogP contribution in [0.2, 0.25) is 0 Å². The van der Waals surface area contributed by atoms with E-state index in [1.54, 1.807) is 13.8 Å². The van der Waals surface area contributed by atoms with Gasteiger partial charge in [0.2, 0.25) is 0 Å². The Morgan fingerprint density at radius 2 is 1.35 bits per heavy atom. The highest BCUT2D eigenvalue weighted by molar-refractivity contribution is 5.72. The van der Waals surface area contributed by atoms with Gasteiger partial charge < -0.3 is 9.47 Å². The van der Waals surface area contributed by atoms with Gasteiger partial charge in [0.25, 0.3) is 0 Å². The van der Waals surface area contributed by atoms with Gasteiger partial charge in [-0.2, -0.15) is 0 Å². The molecule has 0 N–H and O–H groups in total. The van der Waals surface area contributed by atoms with Crippen LogP contribution in [0.5, 0.6) is 0 Å². The van der Waals surface area contributed by atoms with E-state index in [1.807, 2.05) is 20.8 Å². The molecule has 0 spiro atoms. The maximum atomic E-state index is 11.4. The number of carbonyl (C=O) groups is 2. The average Bonchev–Trinajstić information content (AvgIpc) is 2.15. The van der Waals surface area contributed by atoms with Gasteiger partial charge in [-0.1, -0.05) is 13.8 Å². The van der Waals surface area contributed by atoms with Crippen LogP contribution in [0.4, 0.5) is 0 Å². The van der Waals surface area contributed by atoms with Crippen LogP contribution in [0.1, 0.15) is 53.9 Å². The predicted octanol–water partition coefficient (Wildman–Crippen LogP) is 2.70. The zero-order valence-corrected chi connectivity index (χ0v) is 11.5. The first-order chi connectivity index (χ1) is 7.82. The molecule has 1 atom stereocenters. The molecular weight excluding hydrogens is 220 g/mol. The zero-order valence-electron chi connectivity index (χ0n) is 11.5. The SMILES string of the molecule is CC(C)OC(=O)CCCC(=O)OC(C)C(C)C. The van der Waals surface area contributed by atoms with Gasteiger partial charge >= 0.3 is 11.9 Å². The number of rotatable bonds is 7. The molecule has 0 saturated heterocycles. The van der Waals surface area contributed by atoms with Gasteiger partial charge in [-0.05, 0) is 33.1 Å². The van der Waals surface area contributed by atoms with Crippen LogP contribution in [0, 0.1) is 5.92 Å². The summed E-state index contributed by atoms with van der Waals surface area (Å²) in [4.78, 5) is 22.6. The van der Waals surface area contributed by atoms with E-state index in [2.05, 4.69) is 0 Å². The minimum atomic E-state index is -0.260. The van der Waals surface area contributed by atoms with Gasteiger partial charge in [0, 0.05) is 12.8 Å². The molecule has 0 radical (unpaired) electrons. The molecule has 100 valence electrons. The lowest BCUT2D eigenvalue weighted by atomic mass is 10.1. The zero-order chi connectivity index (χ0) is 13.4. The fourth-order valence-electron chi connectivity index (χ4n) is 1.10. The van der Waals surface area contributed by atoms with Gasteiger partial charge in [0.15, 0.2) is 0 Å². The maximum absolute atomic E-state index is 11.4. The van der Waals surface area contributed by atoms with Crippen LogP contribution in [-0.4, -0.2) is 24.1 Å². The predicted molar refractivity (Wildman–Crippen MR) is 65.5 cm³/mol. The van der Waals surface area contributed by atoms with Crippen LogP contribution >= 0.6 is 0 Å². The Balaban J connectivity index is 3.68. The molecule has 0 aliphatic heterocycles. The Bertz CT molecular complexity index is 246. The van der Waals surface area contributed by atoms with Crippen LogP contribution < -0.4 is 0 Å². The molecule has 0 fully saturated rings. The van der Waals surface area contributed by atoms with Gasteiger partial charge in [0.05, 0.1) is 6.10 Å². The fraction of sp³-hybridized carbons (Fsp3) is 0.846. The Morgan fingerprint density at radius 3 is 1.76 bits per heavy atom. The van der Waals surface area contributed by atoms with Crippen molar-refractivity contribution in [3.63, 3.8) is 0 Å². The van der Waals surface area contributed by atoms with E-state index in [-0.39, 0.29) is 37.0 Å². The topological polar surface area (TPSA) is 52.6 Å². The van der Waals surface area contributed by atoms with Crippen molar-refractivity contribution in [1.29, 1.82) is 0 Å². The Hall–Kier alpha value is -1.06. The van der Waals surface area contributed by atoms with Crippen molar-refractivity contribution in [3.05, 3.63) is 0 Å². The van der Waals surface area contributed by atoms with Crippen molar-refractivity contribution in [3.8, 4) is 0 Å². The standard InChI is InChI=1S/C13H24O4/c1-9(2)11(5)17-13(15)8-6-7-12(14)16-10(3)4/h9-11H,6-8H2,1-5H3. The maximum Gasteiger partial charge on any atom is 0.306 e. The second-order valence-electron chi connectivity index (χ2n) is 4.83. The molecule has 0 amide bonds. The highest BCUT2D eigenvalue weighted by Gasteiger charge is 2.13. The second kappa shape index (κ2) is 8.09. The molecule has 0 heterocycles. The molecule has 4 heteroatoms.